The molecule has 0 saturated heterocycles. The third-order valence-corrected chi connectivity index (χ3v) is 4.04. The van der Waals surface area contributed by atoms with Crippen LogP contribution < -0.4 is 5.32 Å². The molecule has 0 aliphatic heterocycles. The van der Waals surface area contributed by atoms with Crippen molar-refractivity contribution in [1.29, 1.82) is 0 Å². The van der Waals surface area contributed by atoms with E-state index in [4.69, 9.17) is 0 Å². The summed E-state index contributed by atoms with van der Waals surface area (Å²) < 4.78 is 26.9. The standard InChI is InChI=1S/C18H21F2N/c1-3-18(13-21-2,15-7-5-4-6-8-15)12-14-9-16(19)11-17(20)10-14/h4-11,21H,3,12-13H2,1-2H3. The highest BCUT2D eigenvalue weighted by Gasteiger charge is 2.30. The lowest BCUT2D eigenvalue weighted by atomic mass is 9.73. The Balaban J connectivity index is 2.40. The molecule has 0 amide bonds. The monoisotopic (exact) mass is 289 g/mol. The van der Waals surface area contributed by atoms with Gasteiger partial charge in [-0.15, -0.1) is 0 Å². The minimum Gasteiger partial charge on any atom is -0.319 e. The van der Waals surface area contributed by atoms with Gasteiger partial charge in [-0.05, 0) is 43.1 Å². The van der Waals surface area contributed by atoms with Crippen molar-refractivity contribution < 1.29 is 8.78 Å². The molecule has 21 heavy (non-hydrogen) atoms. The van der Waals surface area contributed by atoms with Crippen LogP contribution in [0.2, 0.25) is 0 Å². The van der Waals surface area contributed by atoms with Gasteiger partial charge < -0.3 is 5.32 Å². The largest absolute Gasteiger partial charge is 0.319 e. The maximum absolute atomic E-state index is 13.4. The molecule has 0 spiro atoms. The number of hydrogen-bond donors (Lipinski definition) is 1. The Morgan fingerprint density at radius 1 is 1.00 bits per heavy atom. The topological polar surface area (TPSA) is 12.0 Å². The predicted molar refractivity (Wildman–Crippen MR) is 82.4 cm³/mol. The summed E-state index contributed by atoms with van der Waals surface area (Å²) in [6.45, 7) is 2.87. The number of likely N-dealkylation sites (N-methyl/N-ethyl adjacent to an activating group) is 1. The lowest BCUT2D eigenvalue weighted by molar-refractivity contribution is 0.389. The summed E-state index contributed by atoms with van der Waals surface area (Å²) >= 11 is 0. The van der Waals surface area contributed by atoms with E-state index in [1.54, 1.807) is 0 Å². The number of hydrogen-bond acceptors (Lipinski definition) is 1. The summed E-state index contributed by atoms with van der Waals surface area (Å²) in [5.41, 5.74) is 1.70. The van der Waals surface area contributed by atoms with Gasteiger partial charge in [-0.3, -0.25) is 0 Å². The smallest absolute Gasteiger partial charge is 0.126 e. The highest BCUT2D eigenvalue weighted by molar-refractivity contribution is 5.30. The van der Waals surface area contributed by atoms with Crippen molar-refractivity contribution in [3.63, 3.8) is 0 Å². The van der Waals surface area contributed by atoms with Gasteiger partial charge in [0.2, 0.25) is 0 Å². The van der Waals surface area contributed by atoms with E-state index in [1.807, 2.05) is 25.2 Å². The van der Waals surface area contributed by atoms with Gasteiger partial charge in [0.1, 0.15) is 11.6 Å². The second kappa shape index (κ2) is 6.81. The fourth-order valence-electron chi connectivity index (χ4n) is 2.95. The molecule has 1 nitrogen and oxygen atoms in total. The fraction of sp³-hybridized carbons (Fsp3) is 0.333. The molecule has 0 heterocycles. The van der Waals surface area contributed by atoms with E-state index in [1.165, 1.54) is 17.7 Å². The highest BCUT2D eigenvalue weighted by Crippen LogP contribution is 2.32. The first-order chi connectivity index (χ1) is 10.1. The van der Waals surface area contributed by atoms with E-state index in [9.17, 15) is 8.78 Å². The minimum absolute atomic E-state index is 0.170. The van der Waals surface area contributed by atoms with Crippen LogP contribution in [0.4, 0.5) is 8.78 Å². The van der Waals surface area contributed by atoms with Gasteiger partial charge >= 0.3 is 0 Å². The zero-order valence-corrected chi connectivity index (χ0v) is 12.5. The number of benzene rings is 2. The van der Waals surface area contributed by atoms with Crippen LogP contribution in [0.5, 0.6) is 0 Å². The molecule has 0 fully saturated rings. The maximum Gasteiger partial charge on any atom is 0.126 e. The van der Waals surface area contributed by atoms with Gasteiger partial charge in [-0.1, -0.05) is 37.3 Å². The van der Waals surface area contributed by atoms with E-state index in [0.717, 1.165) is 19.0 Å². The third-order valence-electron chi connectivity index (χ3n) is 4.04. The van der Waals surface area contributed by atoms with E-state index < -0.39 is 11.6 Å². The van der Waals surface area contributed by atoms with Crippen molar-refractivity contribution in [2.45, 2.75) is 25.2 Å². The van der Waals surface area contributed by atoms with Gasteiger partial charge in [0, 0.05) is 18.0 Å². The van der Waals surface area contributed by atoms with Crippen molar-refractivity contribution in [2.75, 3.05) is 13.6 Å². The summed E-state index contributed by atoms with van der Waals surface area (Å²) in [5.74, 6) is -1.04. The molecule has 0 bridgehead atoms. The van der Waals surface area contributed by atoms with E-state index in [-0.39, 0.29) is 5.41 Å². The second-order valence-electron chi connectivity index (χ2n) is 5.48. The first kappa shape index (κ1) is 15.6. The lowest BCUT2D eigenvalue weighted by Crippen LogP contribution is -2.38. The first-order valence-electron chi connectivity index (χ1n) is 7.25. The third kappa shape index (κ3) is 3.67. The molecular weight excluding hydrogens is 268 g/mol. The Morgan fingerprint density at radius 2 is 1.62 bits per heavy atom. The van der Waals surface area contributed by atoms with Crippen molar-refractivity contribution in [2.24, 2.45) is 0 Å². The van der Waals surface area contributed by atoms with E-state index >= 15 is 0 Å². The highest BCUT2D eigenvalue weighted by atomic mass is 19.1. The van der Waals surface area contributed by atoms with Gasteiger partial charge in [-0.2, -0.15) is 0 Å². The fourth-order valence-corrected chi connectivity index (χ4v) is 2.95. The van der Waals surface area contributed by atoms with Gasteiger partial charge in [0.05, 0.1) is 0 Å². The van der Waals surface area contributed by atoms with Gasteiger partial charge in [0.25, 0.3) is 0 Å². The van der Waals surface area contributed by atoms with Crippen LogP contribution in [0.25, 0.3) is 0 Å². The summed E-state index contributed by atoms with van der Waals surface area (Å²) in [7, 11) is 1.90. The van der Waals surface area contributed by atoms with Crippen LogP contribution in [-0.2, 0) is 11.8 Å². The Labute approximate surface area is 125 Å². The molecule has 2 aromatic carbocycles. The molecular formula is C18H21F2N. The number of rotatable bonds is 6. The zero-order valence-electron chi connectivity index (χ0n) is 12.5. The Kier molecular flexibility index (Phi) is 5.07. The van der Waals surface area contributed by atoms with Crippen LogP contribution in [0, 0.1) is 11.6 Å². The van der Waals surface area contributed by atoms with Crippen molar-refractivity contribution >= 4 is 0 Å². The predicted octanol–water partition coefficient (Wildman–Crippen LogP) is 4.07. The van der Waals surface area contributed by atoms with Crippen LogP contribution in [-0.4, -0.2) is 13.6 Å². The molecule has 2 rings (SSSR count). The SMILES string of the molecule is CCC(CNC)(Cc1cc(F)cc(F)c1)c1ccccc1. The summed E-state index contributed by atoms with van der Waals surface area (Å²) in [5, 5.41) is 3.22. The minimum atomic E-state index is -0.521. The zero-order chi connectivity index (χ0) is 15.3. The summed E-state index contributed by atoms with van der Waals surface area (Å²) in [6, 6.07) is 13.9. The van der Waals surface area contributed by atoms with Crippen molar-refractivity contribution in [3.05, 3.63) is 71.3 Å². The second-order valence-corrected chi connectivity index (χ2v) is 5.48. The Morgan fingerprint density at radius 3 is 2.14 bits per heavy atom. The van der Waals surface area contributed by atoms with Gasteiger partial charge in [-0.25, -0.2) is 8.78 Å². The Bertz CT molecular complexity index is 563. The van der Waals surface area contributed by atoms with E-state index in [0.29, 0.717) is 12.0 Å². The molecule has 2 aromatic rings. The van der Waals surface area contributed by atoms with Crippen molar-refractivity contribution in [3.8, 4) is 0 Å². The summed E-state index contributed by atoms with van der Waals surface area (Å²) in [4.78, 5) is 0. The molecule has 3 heteroatoms. The molecule has 0 aliphatic rings. The molecule has 1 unspecified atom stereocenters. The normalized spacial score (nSPS) is 13.9. The maximum atomic E-state index is 13.4. The van der Waals surface area contributed by atoms with E-state index in [2.05, 4.69) is 24.4 Å². The lowest BCUT2D eigenvalue weighted by Gasteiger charge is -2.34. The molecule has 0 aliphatic carbocycles. The average Bonchev–Trinajstić information content (AvgIpc) is 2.46. The van der Waals surface area contributed by atoms with Gasteiger partial charge in [0.15, 0.2) is 0 Å². The van der Waals surface area contributed by atoms with Crippen LogP contribution in [0.15, 0.2) is 48.5 Å². The quantitative estimate of drug-likeness (QED) is 0.845. The van der Waals surface area contributed by atoms with Crippen LogP contribution >= 0.6 is 0 Å². The molecule has 1 N–H and O–H groups in total. The molecule has 1 atom stereocenters. The molecule has 0 radical (unpaired) electrons. The van der Waals surface area contributed by atoms with Crippen molar-refractivity contribution in [1.82, 2.24) is 5.32 Å². The molecule has 0 aromatic heterocycles. The first-order valence-corrected chi connectivity index (χ1v) is 7.25. The molecule has 112 valence electrons. The average molecular weight is 289 g/mol. The number of nitrogens with one attached hydrogen (secondary N) is 1. The van der Waals surface area contributed by atoms with Crippen LogP contribution in [0.3, 0.4) is 0 Å². The summed E-state index contributed by atoms with van der Waals surface area (Å²) in [6.07, 6.45) is 1.49. The van der Waals surface area contributed by atoms with Crippen LogP contribution in [0.1, 0.15) is 24.5 Å². The molecule has 0 saturated carbocycles. The number of halogens is 2. The Hall–Kier alpha value is -1.74.